The highest BCUT2D eigenvalue weighted by Crippen LogP contribution is 2.25. The SMILES string of the molecule is CCc1ccc(O)c(NC(=O)C(N)c2ccc(C)cc2)c1. The molecule has 1 amide bonds. The van der Waals surface area contributed by atoms with Crippen LogP contribution in [0.4, 0.5) is 5.69 Å². The summed E-state index contributed by atoms with van der Waals surface area (Å²) < 4.78 is 0. The third kappa shape index (κ3) is 3.61. The van der Waals surface area contributed by atoms with Crippen LogP contribution in [0.25, 0.3) is 0 Å². The van der Waals surface area contributed by atoms with Crippen LogP contribution < -0.4 is 11.1 Å². The molecular weight excluding hydrogens is 264 g/mol. The number of phenols is 1. The summed E-state index contributed by atoms with van der Waals surface area (Å²) in [5, 5.41) is 12.5. The normalized spacial score (nSPS) is 12.0. The van der Waals surface area contributed by atoms with E-state index in [9.17, 15) is 9.90 Å². The minimum atomic E-state index is -0.768. The Hall–Kier alpha value is -2.33. The number of anilines is 1. The van der Waals surface area contributed by atoms with E-state index in [-0.39, 0.29) is 11.7 Å². The molecule has 0 aliphatic rings. The molecule has 0 saturated heterocycles. The molecule has 4 N–H and O–H groups in total. The number of hydrogen-bond donors (Lipinski definition) is 3. The van der Waals surface area contributed by atoms with Gasteiger partial charge >= 0.3 is 0 Å². The largest absolute Gasteiger partial charge is 0.506 e. The summed E-state index contributed by atoms with van der Waals surface area (Å²) in [5.41, 5.74) is 9.24. The summed E-state index contributed by atoms with van der Waals surface area (Å²) in [6, 6.07) is 11.9. The zero-order chi connectivity index (χ0) is 15.4. The second-order valence-corrected chi connectivity index (χ2v) is 5.08. The van der Waals surface area contributed by atoms with Crippen LogP contribution in [0.3, 0.4) is 0 Å². The van der Waals surface area contributed by atoms with E-state index in [1.807, 2.05) is 44.2 Å². The number of benzene rings is 2. The molecule has 4 heteroatoms. The van der Waals surface area contributed by atoms with Crippen molar-refractivity contribution in [1.29, 1.82) is 0 Å². The Balaban J connectivity index is 2.15. The van der Waals surface area contributed by atoms with Crippen LogP contribution in [0.1, 0.15) is 29.7 Å². The van der Waals surface area contributed by atoms with Crippen molar-refractivity contribution in [2.24, 2.45) is 5.73 Å². The second-order valence-electron chi connectivity index (χ2n) is 5.08. The molecule has 0 spiro atoms. The van der Waals surface area contributed by atoms with Crippen LogP contribution in [-0.2, 0) is 11.2 Å². The predicted octanol–water partition coefficient (Wildman–Crippen LogP) is 2.90. The molecule has 4 nitrogen and oxygen atoms in total. The summed E-state index contributed by atoms with van der Waals surface area (Å²) in [6.07, 6.45) is 0.827. The van der Waals surface area contributed by atoms with Gasteiger partial charge in [0.15, 0.2) is 0 Å². The lowest BCUT2D eigenvalue weighted by molar-refractivity contribution is -0.117. The lowest BCUT2D eigenvalue weighted by atomic mass is 10.0. The second kappa shape index (κ2) is 6.41. The number of aryl methyl sites for hydroxylation is 2. The Kier molecular flexibility index (Phi) is 4.60. The Labute approximate surface area is 124 Å². The maximum atomic E-state index is 12.2. The molecule has 0 aliphatic heterocycles. The molecular formula is C17H20N2O2. The number of hydrogen-bond acceptors (Lipinski definition) is 3. The van der Waals surface area contributed by atoms with Gasteiger partial charge in [-0.15, -0.1) is 0 Å². The first-order valence-corrected chi connectivity index (χ1v) is 6.96. The first-order valence-electron chi connectivity index (χ1n) is 6.96. The molecule has 0 fully saturated rings. The van der Waals surface area contributed by atoms with Crippen LogP contribution in [0.15, 0.2) is 42.5 Å². The molecule has 110 valence electrons. The maximum absolute atomic E-state index is 12.2. The highest BCUT2D eigenvalue weighted by Gasteiger charge is 2.17. The minimum Gasteiger partial charge on any atom is -0.506 e. The summed E-state index contributed by atoms with van der Waals surface area (Å²) in [7, 11) is 0. The van der Waals surface area contributed by atoms with Gasteiger partial charge in [-0.1, -0.05) is 42.8 Å². The van der Waals surface area contributed by atoms with Crippen LogP contribution in [0.5, 0.6) is 5.75 Å². The Morgan fingerprint density at radius 1 is 1.24 bits per heavy atom. The summed E-state index contributed by atoms with van der Waals surface area (Å²) >= 11 is 0. The molecule has 2 aromatic carbocycles. The molecule has 0 heterocycles. The molecule has 0 radical (unpaired) electrons. The van der Waals surface area contributed by atoms with Crippen LogP contribution in [0.2, 0.25) is 0 Å². The first kappa shape index (κ1) is 15.1. The van der Waals surface area contributed by atoms with Gasteiger partial charge in [0.05, 0.1) is 5.69 Å². The van der Waals surface area contributed by atoms with Crippen molar-refractivity contribution in [3.05, 3.63) is 59.2 Å². The number of amides is 1. The first-order chi connectivity index (χ1) is 10.0. The molecule has 2 aromatic rings. The average molecular weight is 284 g/mol. The van der Waals surface area contributed by atoms with Gasteiger partial charge in [-0.2, -0.15) is 0 Å². The molecule has 0 aliphatic carbocycles. The lowest BCUT2D eigenvalue weighted by Gasteiger charge is -2.14. The zero-order valence-corrected chi connectivity index (χ0v) is 12.3. The van der Waals surface area contributed by atoms with E-state index in [0.29, 0.717) is 5.69 Å². The van der Waals surface area contributed by atoms with Crippen molar-refractivity contribution in [2.75, 3.05) is 5.32 Å². The van der Waals surface area contributed by atoms with Gasteiger partial charge in [0.25, 0.3) is 0 Å². The Bertz CT molecular complexity index is 636. The standard InChI is InChI=1S/C17H20N2O2/c1-3-12-6-9-15(20)14(10-12)19-17(21)16(18)13-7-4-11(2)5-8-13/h4-10,16,20H,3,18H2,1-2H3,(H,19,21). The van der Waals surface area contributed by atoms with Crippen molar-refractivity contribution < 1.29 is 9.90 Å². The van der Waals surface area contributed by atoms with Gasteiger partial charge in [0, 0.05) is 0 Å². The van der Waals surface area contributed by atoms with Crippen molar-refractivity contribution in [3.8, 4) is 5.75 Å². The van der Waals surface area contributed by atoms with E-state index >= 15 is 0 Å². The number of carbonyl (C=O) groups is 1. The monoisotopic (exact) mass is 284 g/mol. The minimum absolute atomic E-state index is 0.0386. The van der Waals surface area contributed by atoms with Gasteiger partial charge in [-0.3, -0.25) is 4.79 Å². The van der Waals surface area contributed by atoms with Crippen molar-refractivity contribution in [3.63, 3.8) is 0 Å². The molecule has 1 unspecified atom stereocenters. The summed E-state index contributed by atoms with van der Waals surface area (Å²) in [6.45, 7) is 3.99. The topological polar surface area (TPSA) is 75.3 Å². The highest BCUT2D eigenvalue weighted by atomic mass is 16.3. The van der Waals surface area contributed by atoms with E-state index in [2.05, 4.69) is 5.32 Å². The van der Waals surface area contributed by atoms with Gasteiger partial charge in [0.1, 0.15) is 11.8 Å². The lowest BCUT2D eigenvalue weighted by Crippen LogP contribution is -2.27. The van der Waals surface area contributed by atoms with E-state index < -0.39 is 6.04 Å². The third-order valence-electron chi connectivity index (χ3n) is 3.45. The molecule has 0 aromatic heterocycles. The van der Waals surface area contributed by atoms with E-state index in [1.165, 1.54) is 0 Å². The van der Waals surface area contributed by atoms with Crippen LogP contribution in [0, 0.1) is 6.92 Å². The van der Waals surface area contributed by atoms with Crippen LogP contribution >= 0.6 is 0 Å². The van der Waals surface area contributed by atoms with Gasteiger partial charge < -0.3 is 16.2 Å². The van der Waals surface area contributed by atoms with Crippen molar-refractivity contribution in [1.82, 2.24) is 0 Å². The highest BCUT2D eigenvalue weighted by molar-refractivity contribution is 5.96. The fourth-order valence-corrected chi connectivity index (χ4v) is 2.04. The Morgan fingerprint density at radius 3 is 2.52 bits per heavy atom. The number of aromatic hydroxyl groups is 1. The molecule has 0 bridgehead atoms. The fourth-order valence-electron chi connectivity index (χ4n) is 2.04. The van der Waals surface area contributed by atoms with Crippen molar-refractivity contribution >= 4 is 11.6 Å². The number of nitrogens with two attached hydrogens (primary N) is 1. The van der Waals surface area contributed by atoms with Gasteiger partial charge in [0.2, 0.25) is 5.91 Å². The number of carbonyl (C=O) groups excluding carboxylic acids is 1. The number of phenolic OH excluding ortho intramolecular Hbond substituents is 1. The zero-order valence-electron chi connectivity index (χ0n) is 12.3. The number of rotatable bonds is 4. The smallest absolute Gasteiger partial charge is 0.245 e. The summed E-state index contributed by atoms with van der Waals surface area (Å²) in [4.78, 5) is 12.2. The Morgan fingerprint density at radius 2 is 1.90 bits per heavy atom. The molecule has 2 rings (SSSR count). The maximum Gasteiger partial charge on any atom is 0.245 e. The number of nitrogens with one attached hydrogen (secondary N) is 1. The van der Waals surface area contributed by atoms with Gasteiger partial charge in [-0.05, 0) is 36.6 Å². The average Bonchev–Trinajstić information content (AvgIpc) is 2.49. The molecule has 0 saturated carbocycles. The molecule has 21 heavy (non-hydrogen) atoms. The third-order valence-corrected chi connectivity index (χ3v) is 3.45. The summed E-state index contributed by atoms with van der Waals surface area (Å²) in [5.74, 6) is -0.306. The van der Waals surface area contributed by atoms with Crippen molar-refractivity contribution in [2.45, 2.75) is 26.3 Å². The quantitative estimate of drug-likeness (QED) is 0.756. The van der Waals surface area contributed by atoms with E-state index in [1.54, 1.807) is 12.1 Å². The molecule has 1 atom stereocenters. The van der Waals surface area contributed by atoms with Crippen LogP contribution in [-0.4, -0.2) is 11.0 Å². The van der Waals surface area contributed by atoms with E-state index in [4.69, 9.17) is 5.73 Å². The predicted molar refractivity (Wildman–Crippen MR) is 84.2 cm³/mol. The van der Waals surface area contributed by atoms with E-state index in [0.717, 1.165) is 23.1 Å². The fraction of sp³-hybridized carbons (Fsp3) is 0.235. The van der Waals surface area contributed by atoms with Gasteiger partial charge in [-0.25, -0.2) is 0 Å².